The SMILES string of the molecule is O=C(Nc1ccc(Br)cc1)C1CCN(c2nc3ccc(F)cc3s2)CC1. The standard InChI is InChI=1S/C19H17BrFN3OS/c20-13-1-4-15(5-2-13)22-18(25)12-7-9-24(10-8-12)19-23-16-6-3-14(21)11-17(16)26-19/h1-6,11-12H,7-10H2,(H,22,25). The van der Waals surface area contributed by atoms with Crippen LogP contribution in [0.25, 0.3) is 10.2 Å². The van der Waals surface area contributed by atoms with Gasteiger partial charge in [0, 0.05) is 29.2 Å². The lowest BCUT2D eigenvalue weighted by Crippen LogP contribution is -2.38. The van der Waals surface area contributed by atoms with Crippen molar-refractivity contribution in [3.8, 4) is 0 Å². The summed E-state index contributed by atoms with van der Waals surface area (Å²) < 4.78 is 15.2. The Morgan fingerprint density at radius 1 is 1.19 bits per heavy atom. The van der Waals surface area contributed by atoms with Crippen LogP contribution in [0.4, 0.5) is 15.2 Å². The number of amides is 1. The molecule has 0 unspecified atom stereocenters. The van der Waals surface area contributed by atoms with Gasteiger partial charge in [-0.25, -0.2) is 9.37 Å². The van der Waals surface area contributed by atoms with Crippen molar-refractivity contribution in [1.82, 2.24) is 4.98 Å². The van der Waals surface area contributed by atoms with E-state index in [0.29, 0.717) is 0 Å². The molecule has 1 aliphatic heterocycles. The third-order valence-corrected chi connectivity index (χ3v) is 6.19. The molecule has 1 aromatic heterocycles. The summed E-state index contributed by atoms with van der Waals surface area (Å²) in [5.41, 5.74) is 1.63. The average molecular weight is 434 g/mol. The highest BCUT2D eigenvalue weighted by atomic mass is 79.9. The zero-order chi connectivity index (χ0) is 18.1. The van der Waals surface area contributed by atoms with Gasteiger partial charge in [0.2, 0.25) is 5.91 Å². The van der Waals surface area contributed by atoms with Crippen LogP contribution in [-0.2, 0) is 4.79 Å². The lowest BCUT2D eigenvalue weighted by Gasteiger charge is -2.31. The number of halogens is 2. The minimum atomic E-state index is -0.240. The van der Waals surface area contributed by atoms with E-state index in [0.717, 1.165) is 51.4 Å². The topological polar surface area (TPSA) is 45.2 Å². The molecule has 7 heteroatoms. The van der Waals surface area contributed by atoms with Crippen LogP contribution < -0.4 is 10.2 Å². The second-order valence-corrected chi connectivity index (χ2v) is 8.29. The molecule has 4 rings (SSSR count). The number of hydrogen-bond acceptors (Lipinski definition) is 4. The lowest BCUT2D eigenvalue weighted by molar-refractivity contribution is -0.120. The van der Waals surface area contributed by atoms with Crippen LogP contribution in [-0.4, -0.2) is 24.0 Å². The molecule has 134 valence electrons. The van der Waals surface area contributed by atoms with E-state index in [1.165, 1.54) is 23.5 Å². The van der Waals surface area contributed by atoms with Crippen molar-refractivity contribution < 1.29 is 9.18 Å². The number of fused-ring (bicyclic) bond motifs is 1. The zero-order valence-electron chi connectivity index (χ0n) is 13.9. The van der Waals surface area contributed by atoms with Crippen LogP contribution >= 0.6 is 27.3 Å². The Bertz CT molecular complexity index is 936. The Morgan fingerprint density at radius 3 is 2.65 bits per heavy atom. The van der Waals surface area contributed by atoms with Gasteiger partial charge in [0.15, 0.2) is 5.13 Å². The molecule has 0 bridgehead atoms. The molecule has 4 nitrogen and oxygen atoms in total. The fourth-order valence-electron chi connectivity index (χ4n) is 3.13. The quantitative estimate of drug-likeness (QED) is 0.628. The lowest BCUT2D eigenvalue weighted by atomic mass is 9.96. The van der Waals surface area contributed by atoms with E-state index >= 15 is 0 Å². The minimum absolute atomic E-state index is 0.00159. The van der Waals surface area contributed by atoms with Gasteiger partial charge in [0.25, 0.3) is 0 Å². The number of rotatable bonds is 3. The normalized spacial score (nSPS) is 15.4. The fraction of sp³-hybridized carbons (Fsp3) is 0.263. The summed E-state index contributed by atoms with van der Waals surface area (Å²) in [6, 6.07) is 12.3. The van der Waals surface area contributed by atoms with Gasteiger partial charge in [-0.3, -0.25) is 4.79 Å². The van der Waals surface area contributed by atoms with Crippen LogP contribution in [0.15, 0.2) is 46.9 Å². The monoisotopic (exact) mass is 433 g/mol. The molecule has 0 spiro atoms. The number of thiazole rings is 1. The molecular formula is C19H17BrFN3OS. The molecule has 0 saturated carbocycles. The van der Waals surface area contributed by atoms with E-state index in [-0.39, 0.29) is 17.6 Å². The highest BCUT2D eigenvalue weighted by Crippen LogP contribution is 2.32. The Hall–Kier alpha value is -1.99. The molecule has 1 N–H and O–H groups in total. The van der Waals surface area contributed by atoms with Gasteiger partial charge in [-0.05, 0) is 55.3 Å². The number of nitrogens with zero attached hydrogens (tertiary/aromatic N) is 2. The minimum Gasteiger partial charge on any atom is -0.348 e. The zero-order valence-corrected chi connectivity index (χ0v) is 16.3. The number of piperidine rings is 1. The summed E-state index contributed by atoms with van der Waals surface area (Å²) in [7, 11) is 0. The van der Waals surface area contributed by atoms with Crippen molar-refractivity contribution in [3.63, 3.8) is 0 Å². The van der Waals surface area contributed by atoms with Crippen LogP contribution in [0, 0.1) is 11.7 Å². The number of carbonyl (C=O) groups excluding carboxylic acids is 1. The predicted molar refractivity (Wildman–Crippen MR) is 107 cm³/mol. The van der Waals surface area contributed by atoms with Crippen molar-refractivity contribution in [2.24, 2.45) is 5.92 Å². The van der Waals surface area contributed by atoms with Gasteiger partial charge in [-0.1, -0.05) is 27.3 Å². The van der Waals surface area contributed by atoms with E-state index in [1.54, 1.807) is 6.07 Å². The molecule has 1 fully saturated rings. The van der Waals surface area contributed by atoms with Crippen LogP contribution in [0.3, 0.4) is 0 Å². The highest BCUT2D eigenvalue weighted by molar-refractivity contribution is 9.10. The Balaban J connectivity index is 1.38. The van der Waals surface area contributed by atoms with E-state index < -0.39 is 0 Å². The average Bonchev–Trinajstić information content (AvgIpc) is 3.07. The van der Waals surface area contributed by atoms with Gasteiger partial charge in [-0.15, -0.1) is 0 Å². The number of carbonyl (C=O) groups is 1. The summed E-state index contributed by atoms with van der Waals surface area (Å²) in [4.78, 5) is 19.3. The van der Waals surface area contributed by atoms with Crippen molar-refractivity contribution >= 4 is 54.2 Å². The second kappa shape index (κ2) is 7.32. The van der Waals surface area contributed by atoms with Crippen molar-refractivity contribution in [2.75, 3.05) is 23.3 Å². The maximum atomic E-state index is 13.3. The Morgan fingerprint density at radius 2 is 1.92 bits per heavy atom. The van der Waals surface area contributed by atoms with Crippen molar-refractivity contribution in [3.05, 3.63) is 52.8 Å². The van der Waals surface area contributed by atoms with E-state index in [2.05, 4.69) is 31.1 Å². The summed E-state index contributed by atoms with van der Waals surface area (Å²) in [5.74, 6) is -0.170. The number of anilines is 2. The number of hydrogen-bond donors (Lipinski definition) is 1. The molecule has 1 amide bonds. The van der Waals surface area contributed by atoms with Gasteiger partial charge in [-0.2, -0.15) is 0 Å². The maximum Gasteiger partial charge on any atom is 0.227 e. The van der Waals surface area contributed by atoms with Crippen LogP contribution in [0.1, 0.15) is 12.8 Å². The Labute approximate surface area is 163 Å². The van der Waals surface area contributed by atoms with Crippen molar-refractivity contribution in [1.29, 1.82) is 0 Å². The van der Waals surface area contributed by atoms with Crippen LogP contribution in [0.2, 0.25) is 0 Å². The summed E-state index contributed by atoms with van der Waals surface area (Å²) >= 11 is 4.89. The molecule has 0 atom stereocenters. The van der Waals surface area contributed by atoms with Gasteiger partial charge >= 0.3 is 0 Å². The van der Waals surface area contributed by atoms with Gasteiger partial charge in [0.05, 0.1) is 10.2 Å². The molecule has 3 aromatic rings. The molecule has 0 radical (unpaired) electrons. The van der Waals surface area contributed by atoms with Crippen molar-refractivity contribution in [2.45, 2.75) is 12.8 Å². The summed E-state index contributed by atoms with van der Waals surface area (Å²) in [5, 5.41) is 3.89. The molecule has 1 saturated heterocycles. The highest BCUT2D eigenvalue weighted by Gasteiger charge is 2.26. The Kier molecular flexibility index (Phi) is 4.91. The molecule has 1 aliphatic rings. The fourth-order valence-corrected chi connectivity index (χ4v) is 4.44. The molecule has 2 aromatic carbocycles. The van der Waals surface area contributed by atoms with Crippen LogP contribution in [0.5, 0.6) is 0 Å². The second-order valence-electron chi connectivity index (χ2n) is 6.37. The first-order chi connectivity index (χ1) is 12.6. The van der Waals surface area contributed by atoms with E-state index in [4.69, 9.17) is 0 Å². The first kappa shape index (κ1) is 17.4. The molecule has 26 heavy (non-hydrogen) atoms. The molecule has 0 aliphatic carbocycles. The number of nitrogens with one attached hydrogen (secondary N) is 1. The third-order valence-electron chi connectivity index (χ3n) is 4.59. The summed E-state index contributed by atoms with van der Waals surface area (Å²) in [6.45, 7) is 1.56. The first-order valence-corrected chi connectivity index (χ1v) is 10.1. The van der Waals surface area contributed by atoms with Gasteiger partial charge in [0.1, 0.15) is 5.82 Å². The number of benzene rings is 2. The summed E-state index contributed by atoms with van der Waals surface area (Å²) in [6.07, 6.45) is 1.57. The number of aromatic nitrogens is 1. The molecular weight excluding hydrogens is 417 g/mol. The van der Waals surface area contributed by atoms with Gasteiger partial charge < -0.3 is 10.2 Å². The third kappa shape index (κ3) is 3.73. The van der Waals surface area contributed by atoms with E-state index in [9.17, 15) is 9.18 Å². The smallest absolute Gasteiger partial charge is 0.227 e. The van der Waals surface area contributed by atoms with E-state index in [1.807, 2.05) is 24.3 Å². The molecule has 2 heterocycles. The predicted octanol–water partition coefficient (Wildman–Crippen LogP) is 5.05. The largest absolute Gasteiger partial charge is 0.348 e. The first-order valence-electron chi connectivity index (χ1n) is 8.46. The maximum absolute atomic E-state index is 13.3.